The first-order valence-electron chi connectivity index (χ1n) is 12.2. The van der Waals surface area contributed by atoms with Crippen molar-refractivity contribution in [1.82, 2.24) is 14.9 Å². The van der Waals surface area contributed by atoms with Crippen molar-refractivity contribution in [1.29, 1.82) is 0 Å². The smallest absolute Gasteiger partial charge is 0.287 e. The molecule has 186 valence electrons. The standard InChI is InChI=1S/C28H34FN3O3/c1-18(33)23-15-10-19(16-24(23)35-4)28(2,3)25-17-30-26(27(34)31-21-8-6-5-7-9-21)32(25)22-13-11-20(29)12-14-22/h10-18,21,33H,5-9H2,1-4H3,(H,31,34). The molecule has 1 heterocycles. The van der Waals surface area contributed by atoms with Crippen LogP contribution in [0.15, 0.2) is 48.7 Å². The van der Waals surface area contributed by atoms with Crippen LogP contribution in [0.25, 0.3) is 5.69 Å². The van der Waals surface area contributed by atoms with E-state index in [1.54, 1.807) is 32.4 Å². The number of ether oxygens (including phenoxy) is 1. The highest BCUT2D eigenvalue weighted by Crippen LogP contribution is 2.37. The van der Waals surface area contributed by atoms with Gasteiger partial charge in [-0.25, -0.2) is 9.37 Å². The second-order valence-electron chi connectivity index (χ2n) is 9.84. The van der Waals surface area contributed by atoms with Crippen molar-refractivity contribution in [2.75, 3.05) is 7.11 Å². The molecule has 2 aromatic carbocycles. The molecule has 1 atom stereocenters. The Kier molecular flexibility index (Phi) is 7.26. The predicted molar refractivity (Wildman–Crippen MR) is 134 cm³/mol. The van der Waals surface area contributed by atoms with Crippen molar-refractivity contribution in [2.45, 2.75) is 70.4 Å². The van der Waals surface area contributed by atoms with Gasteiger partial charge >= 0.3 is 0 Å². The van der Waals surface area contributed by atoms with E-state index < -0.39 is 11.5 Å². The van der Waals surface area contributed by atoms with Crippen LogP contribution in [0.3, 0.4) is 0 Å². The Labute approximate surface area is 206 Å². The zero-order valence-electron chi connectivity index (χ0n) is 20.8. The van der Waals surface area contributed by atoms with Crippen LogP contribution in [0.4, 0.5) is 4.39 Å². The molecule has 35 heavy (non-hydrogen) atoms. The Balaban J connectivity index is 1.79. The van der Waals surface area contributed by atoms with Gasteiger partial charge in [-0.1, -0.05) is 45.2 Å². The average molecular weight is 480 g/mol. The van der Waals surface area contributed by atoms with Crippen molar-refractivity contribution in [3.8, 4) is 11.4 Å². The molecule has 1 aliphatic rings. The zero-order chi connectivity index (χ0) is 25.2. The third-order valence-corrected chi connectivity index (χ3v) is 7.04. The van der Waals surface area contributed by atoms with E-state index in [0.29, 0.717) is 17.0 Å². The van der Waals surface area contributed by atoms with E-state index in [9.17, 15) is 14.3 Å². The molecule has 0 bridgehead atoms. The lowest BCUT2D eigenvalue weighted by Crippen LogP contribution is -2.37. The highest BCUT2D eigenvalue weighted by molar-refractivity contribution is 5.92. The quantitative estimate of drug-likeness (QED) is 0.472. The van der Waals surface area contributed by atoms with E-state index in [4.69, 9.17) is 4.74 Å². The van der Waals surface area contributed by atoms with Gasteiger partial charge in [-0.15, -0.1) is 0 Å². The number of hydrogen-bond acceptors (Lipinski definition) is 4. The Hall–Kier alpha value is -3.19. The first-order chi connectivity index (χ1) is 16.7. The summed E-state index contributed by atoms with van der Waals surface area (Å²) in [6.07, 6.45) is 6.41. The number of benzene rings is 2. The molecule has 1 fully saturated rings. The first kappa shape index (κ1) is 24.9. The van der Waals surface area contributed by atoms with Gasteiger partial charge in [0.2, 0.25) is 5.82 Å². The lowest BCUT2D eigenvalue weighted by Gasteiger charge is -2.29. The van der Waals surface area contributed by atoms with Crippen molar-refractivity contribution in [2.24, 2.45) is 0 Å². The SMILES string of the molecule is COc1cc(C(C)(C)c2cnc(C(=O)NC3CCCCC3)n2-c2ccc(F)cc2)ccc1C(C)O. The summed E-state index contributed by atoms with van der Waals surface area (Å²) in [5.74, 6) is 0.290. The summed E-state index contributed by atoms with van der Waals surface area (Å²) >= 11 is 0. The summed E-state index contributed by atoms with van der Waals surface area (Å²) < 4.78 is 21.1. The van der Waals surface area contributed by atoms with Crippen LogP contribution in [0.1, 0.15) is 86.4 Å². The van der Waals surface area contributed by atoms with Crippen LogP contribution in [-0.4, -0.2) is 33.7 Å². The summed E-state index contributed by atoms with van der Waals surface area (Å²) in [7, 11) is 1.58. The molecule has 2 N–H and O–H groups in total. The van der Waals surface area contributed by atoms with Crippen LogP contribution >= 0.6 is 0 Å². The minimum absolute atomic E-state index is 0.142. The number of halogens is 1. The molecule has 1 aliphatic carbocycles. The Morgan fingerprint density at radius 3 is 2.49 bits per heavy atom. The largest absolute Gasteiger partial charge is 0.496 e. The molecule has 1 aromatic heterocycles. The number of aliphatic hydroxyl groups excluding tert-OH is 1. The molecule has 0 saturated heterocycles. The van der Waals surface area contributed by atoms with E-state index in [0.717, 1.165) is 36.9 Å². The van der Waals surface area contributed by atoms with Gasteiger partial charge in [0.05, 0.1) is 25.1 Å². The Morgan fingerprint density at radius 1 is 1.17 bits per heavy atom. The first-order valence-corrected chi connectivity index (χ1v) is 12.2. The van der Waals surface area contributed by atoms with Gasteiger partial charge in [0.25, 0.3) is 5.91 Å². The van der Waals surface area contributed by atoms with Crippen molar-refractivity contribution < 1.29 is 19.0 Å². The van der Waals surface area contributed by atoms with Crippen molar-refractivity contribution in [3.63, 3.8) is 0 Å². The maximum atomic E-state index is 13.7. The number of nitrogens with one attached hydrogen (secondary N) is 1. The molecule has 3 aromatic rings. The topological polar surface area (TPSA) is 76.4 Å². The molecule has 7 heteroatoms. The monoisotopic (exact) mass is 479 g/mol. The van der Waals surface area contributed by atoms with Crippen molar-refractivity contribution >= 4 is 5.91 Å². The number of imidazole rings is 1. The molecule has 0 spiro atoms. The molecule has 6 nitrogen and oxygen atoms in total. The Bertz CT molecular complexity index is 1180. The van der Waals surface area contributed by atoms with Crippen LogP contribution in [0.5, 0.6) is 5.75 Å². The van der Waals surface area contributed by atoms with E-state index >= 15 is 0 Å². The van der Waals surface area contributed by atoms with E-state index in [1.807, 2.05) is 36.6 Å². The fourth-order valence-electron chi connectivity index (χ4n) is 4.89. The maximum Gasteiger partial charge on any atom is 0.287 e. The van der Waals surface area contributed by atoms with Crippen LogP contribution < -0.4 is 10.1 Å². The van der Waals surface area contributed by atoms with Gasteiger partial charge in [-0.2, -0.15) is 0 Å². The lowest BCUT2D eigenvalue weighted by molar-refractivity contribution is 0.0915. The summed E-state index contributed by atoms with van der Waals surface area (Å²) in [6, 6.07) is 11.9. The third kappa shape index (κ3) is 5.10. The van der Waals surface area contributed by atoms with E-state index in [2.05, 4.69) is 10.3 Å². The fourth-order valence-corrected chi connectivity index (χ4v) is 4.89. The van der Waals surface area contributed by atoms with Crippen LogP contribution in [0, 0.1) is 5.82 Å². The number of carbonyl (C=O) groups is 1. The van der Waals surface area contributed by atoms with Gasteiger partial charge in [0, 0.05) is 22.7 Å². The van der Waals surface area contributed by atoms with Crippen LogP contribution in [0.2, 0.25) is 0 Å². The number of aromatic nitrogens is 2. The minimum atomic E-state index is -0.665. The molecule has 1 amide bonds. The molecule has 0 aliphatic heterocycles. The predicted octanol–water partition coefficient (Wildman–Crippen LogP) is 5.46. The van der Waals surface area contributed by atoms with Gasteiger partial charge in [-0.05, 0) is 55.7 Å². The molecule has 1 unspecified atom stereocenters. The number of amides is 1. The second kappa shape index (κ2) is 10.2. The number of aliphatic hydroxyl groups is 1. The summed E-state index contributed by atoms with van der Waals surface area (Å²) in [4.78, 5) is 17.9. The summed E-state index contributed by atoms with van der Waals surface area (Å²) in [6.45, 7) is 5.79. The number of carbonyl (C=O) groups excluding carboxylic acids is 1. The fraction of sp³-hybridized carbons (Fsp3) is 0.429. The molecule has 4 rings (SSSR count). The van der Waals surface area contributed by atoms with E-state index in [1.165, 1.54) is 18.6 Å². The van der Waals surface area contributed by atoms with Gasteiger partial charge in [0.15, 0.2) is 0 Å². The van der Waals surface area contributed by atoms with Crippen molar-refractivity contribution in [3.05, 3.63) is 77.1 Å². The molecular formula is C28H34FN3O3. The Morgan fingerprint density at radius 2 is 1.86 bits per heavy atom. The number of nitrogens with zero attached hydrogens (tertiary/aromatic N) is 2. The minimum Gasteiger partial charge on any atom is -0.496 e. The highest BCUT2D eigenvalue weighted by Gasteiger charge is 2.32. The average Bonchev–Trinajstić information content (AvgIpc) is 3.31. The number of methoxy groups -OCH3 is 1. The third-order valence-electron chi connectivity index (χ3n) is 7.04. The van der Waals surface area contributed by atoms with Gasteiger partial charge < -0.3 is 15.2 Å². The normalized spacial score (nSPS) is 15.6. The van der Waals surface area contributed by atoms with Gasteiger partial charge in [0.1, 0.15) is 11.6 Å². The van der Waals surface area contributed by atoms with Crippen LogP contribution in [-0.2, 0) is 5.41 Å². The number of rotatable bonds is 7. The molecule has 1 saturated carbocycles. The second-order valence-corrected chi connectivity index (χ2v) is 9.84. The summed E-state index contributed by atoms with van der Waals surface area (Å²) in [5, 5.41) is 13.2. The maximum absolute atomic E-state index is 13.7. The highest BCUT2D eigenvalue weighted by atomic mass is 19.1. The lowest BCUT2D eigenvalue weighted by atomic mass is 9.80. The van der Waals surface area contributed by atoms with E-state index in [-0.39, 0.29) is 23.6 Å². The summed E-state index contributed by atoms with van der Waals surface area (Å²) in [5.41, 5.74) is 2.49. The number of hydrogen-bond donors (Lipinski definition) is 2. The molecule has 0 radical (unpaired) electrons. The zero-order valence-corrected chi connectivity index (χ0v) is 20.8. The molecular weight excluding hydrogens is 445 g/mol. The van der Waals surface area contributed by atoms with Gasteiger partial charge in [-0.3, -0.25) is 9.36 Å².